The first-order valence-electron chi connectivity index (χ1n) is 6.06. The van der Waals surface area contributed by atoms with Gasteiger partial charge in [0.15, 0.2) is 0 Å². The van der Waals surface area contributed by atoms with Crippen LogP contribution in [0.4, 0.5) is 5.69 Å². The van der Waals surface area contributed by atoms with Crippen molar-refractivity contribution in [2.24, 2.45) is 0 Å². The molecule has 0 atom stereocenters. The van der Waals surface area contributed by atoms with Gasteiger partial charge in [-0.2, -0.15) is 4.31 Å². The van der Waals surface area contributed by atoms with Gasteiger partial charge >= 0.3 is 0 Å². The summed E-state index contributed by atoms with van der Waals surface area (Å²) < 4.78 is 27.0. The lowest BCUT2D eigenvalue weighted by Crippen LogP contribution is -2.34. The van der Waals surface area contributed by atoms with Gasteiger partial charge in [0.1, 0.15) is 4.21 Å². The van der Waals surface area contributed by atoms with E-state index in [1.807, 2.05) is 12.1 Å². The molecule has 1 heterocycles. The number of hydrogen-bond donors (Lipinski definition) is 1. The maximum atomic E-state index is 12.3. The Morgan fingerprint density at radius 1 is 1.36 bits per heavy atom. The second kappa shape index (κ2) is 7.26. The number of carbonyl (C=O) groups excluding carboxylic acids is 1. The summed E-state index contributed by atoms with van der Waals surface area (Å²) in [6.45, 7) is -0.274. The predicted octanol–water partition coefficient (Wildman–Crippen LogP) is 3.27. The van der Waals surface area contributed by atoms with Crippen LogP contribution < -0.4 is 5.32 Å². The average molecular weight is 471 g/mol. The number of sulfonamides is 1. The molecule has 1 aromatic carbocycles. The summed E-state index contributed by atoms with van der Waals surface area (Å²) in [5.41, 5.74) is 0.627. The lowest BCUT2D eigenvalue weighted by Gasteiger charge is -2.15. The molecule has 0 fully saturated rings. The SMILES string of the molecule is CN(CC(=O)Nc1cccc(I)c1)S(=O)(=O)c1ccc(Cl)s1. The van der Waals surface area contributed by atoms with E-state index in [-0.39, 0.29) is 10.8 Å². The molecule has 0 saturated carbocycles. The number of rotatable bonds is 5. The molecule has 0 bridgehead atoms. The number of likely N-dealkylation sites (N-methyl/N-ethyl adjacent to an activating group) is 1. The molecule has 2 aromatic rings. The minimum atomic E-state index is -3.71. The Morgan fingerprint density at radius 2 is 2.09 bits per heavy atom. The van der Waals surface area contributed by atoms with Crippen LogP contribution >= 0.6 is 45.5 Å². The van der Waals surface area contributed by atoms with E-state index in [0.717, 1.165) is 19.2 Å². The first-order chi connectivity index (χ1) is 10.3. The maximum Gasteiger partial charge on any atom is 0.252 e. The molecule has 1 N–H and O–H groups in total. The largest absolute Gasteiger partial charge is 0.325 e. The van der Waals surface area contributed by atoms with E-state index in [1.165, 1.54) is 19.2 Å². The molecule has 5 nitrogen and oxygen atoms in total. The summed E-state index contributed by atoms with van der Waals surface area (Å²) in [4.78, 5) is 12.0. The van der Waals surface area contributed by atoms with Crippen molar-refractivity contribution < 1.29 is 13.2 Å². The van der Waals surface area contributed by atoms with Gasteiger partial charge in [-0.25, -0.2) is 8.42 Å². The van der Waals surface area contributed by atoms with Crippen LogP contribution in [0, 0.1) is 3.57 Å². The molecule has 9 heteroatoms. The van der Waals surface area contributed by atoms with Gasteiger partial charge in [-0.05, 0) is 52.9 Å². The van der Waals surface area contributed by atoms with Gasteiger partial charge in [-0.3, -0.25) is 4.79 Å². The third kappa shape index (κ3) is 4.42. The van der Waals surface area contributed by atoms with E-state index < -0.39 is 15.9 Å². The number of anilines is 1. The van der Waals surface area contributed by atoms with Gasteiger partial charge < -0.3 is 5.32 Å². The van der Waals surface area contributed by atoms with Crippen LogP contribution in [0.15, 0.2) is 40.6 Å². The highest BCUT2D eigenvalue weighted by atomic mass is 127. The highest BCUT2D eigenvalue weighted by Crippen LogP contribution is 2.27. The summed E-state index contributed by atoms with van der Waals surface area (Å²) in [6.07, 6.45) is 0. The fourth-order valence-corrected chi connectivity index (χ4v) is 5.01. The Balaban J connectivity index is 2.05. The average Bonchev–Trinajstić information content (AvgIpc) is 2.85. The van der Waals surface area contributed by atoms with Crippen LogP contribution in [0.25, 0.3) is 0 Å². The topological polar surface area (TPSA) is 66.5 Å². The Morgan fingerprint density at radius 3 is 2.68 bits per heavy atom. The lowest BCUT2D eigenvalue weighted by atomic mass is 10.3. The van der Waals surface area contributed by atoms with Crippen LogP contribution in [-0.2, 0) is 14.8 Å². The molecule has 0 unspecified atom stereocenters. The summed E-state index contributed by atoms with van der Waals surface area (Å²) in [7, 11) is -2.35. The van der Waals surface area contributed by atoms with Crippen molar-refractivity contribution in [3.05, 3.63) is 44.3 Å². The van der Waals surface area contributed by atoms with Gasteiger partial charge in [-0.15, -0.1) is 11.3 Å². The molecule has 22 heavy (non-hydrogen) atoms. The standard InChI is InChI=1S/C13H12ClIN2O3S2/c1-17(22(19,20)13-6-5-11(14)21-13)8-12(18)16-10-4-2-3-9(15)7-10/h2-7H,8H2,1H3,(H,16,18). The number of amides is 1. The van der Waals surface area contributed by atoms with Crippen molar-refractivity contribution in [2.45, 2.75) is 4.21 Å². The Bertz CT molecular complexity index is 792. The van der Waals surface area contributed by atoms with E-state index in [2.05, 4.69) is 27.9 Å². The van der Waals surface area contributed by atoms with Gasteiger partial charge in [0.2, 0.25) is 5.91 Å². The Hall–Kier alpha value is -0.680. The van der Waals surface area contributed by atoms with Crippen molar-refractivity contribution in [1.29, 1.82) is 0 Å². The quantitative estimate of drug-likeness (QED) is 0.682. The minimum Gasteiger partial charge on any atom is -0.325 e. The molecule has 0 saturated heterocycles. The second-order valence-corrected chi connectivity index (χ2v) is 9.61. The van der Waals surface area contributed by atoms with Crippen LogP contribution in [0.3, 0.4) is 0 Å². The Labute approximate surface area is 151 Å². The molecular weight excluding hydrogens is 459 g/mol. The maximum absolute atomic E-state index is 12.3. The molecule has 1 amide bonds. The van der Waals surface area contributed by atoms with Crippen molar-refractivity contribution in [3.63, 3.8) is 0 Å². The molecule has 1 aromatic heterocycles. The Kier molecular flexibility index (Phi) is 5.83. The molecule has 2 rings (SSSR count). The summed E-state index contributed by atoms with van der Waals surface area (Å²) >= 11 is 8.85. The van der Waals surface area contributed by atoms with Crippen LogP contribution in [0.5, 0.6) is 0 Å². The zero-order valence-electron chi connectivity index (χ0n) is 11.4. The van der Waals surface area contributed by atoms with Crippen LogP contribution in [-0.4, -0.2) is 32.2 Å². The van der Waals surface area contributed by atoms with Crippen LogP contribution in [0.1, 0.15) is 0 Å². The summed E-state index contributed by atoms with van der Waals surface area (Å²) in [5, 5.41) is 2.67. The fourth-order valence-electron chi connectivity index (χ4n) is 1.64. The van der Waals surface area contributed by atoms with E-state index in [9.17, 15) is 13.2 Å². The van der Waals surface area contributed by atoms with Crippen molar-refractivity contribution in [3.8, 4) is 0 Å². The monoisotopic (exact) mass is 470 g/mol. The molecule has 0 aliphatic rings. The van der Waals surface area contributed by atoms with E-state index in [0.29, 0.717) is 10.0 Å². The molecule has 0 radical (unpaired) electrons. The number of carbonyl (C=O) groups is 1. The summed E-state index contributed by atoms with van der Waals surface area (Å²) in [5.74, 6) is -0.407. The molecular formula is C13H12ClIN2O3S2. The van der Waals surface area contributed by atoms with Crippen molar-refractivity contribution in [1.82, 2.24) is 4.31 Å². The number of halogens is 2. The highest BCUT2D eigenvalue weighted by molar-refractivity contribution is 14.1. The van der Waals surface area contributed by atoms with E-state index in [4.69, 9.17) is 11.6 Å². The fraction of sp³-hybridized carbons (Fsp3) is 0.154. The third-order valence-electron chi connectivity index (χ3n) is 2.69. The predicted molar refractivity (Wildman–Crippen MR) is 96.9 cm³/mol. The number of hydrogen-bond acceptors (Lipinski definition) is 4. The molecule has 0 spiro atoms. The molecule has 118 valence electrons. The normalized spacial score (nSPS) is 11.6. The van der Waals surface area contributed by atoms with Crippen LogP contribution in [0.2, 0.25) is 4.34 Å². The first-order valence-corrected chi connectivity index (χ1v) is 9.77. The zero-order valence-corrected chi connectivity index (χ0v) is 16.0. The van der Waals surface area contributed by atoms with Gasteiger partial charge in [-0.1, -0.05) is 17.7 Å². The second-order valence-electron chi connectivity index (χ2n) is 4.38. The zero-order chi connectivity index (χ0) is 16.3. The number of nitrogens with one attached hydrogen (secondary N) is 1. The molecule has 0 aliphatic carbocycles. The van der Waals surface area contributed by atoms with Crippen molar-refractivity contribution in [2.75, 3.05) is 18.9 Å². The molecule has 0 aliphatic heterocycles. The number of thiophene rings is 1. The lowest BCUT2D eigenvalue weighted by molar-refractivity contribution is -0.116. The van der Waals surface area contributed by atoms with Gasteiger partial charge in [0.25, 0.3) is 10.0 Å². The minimum absolute atomic E-state index is 0.113. The van der Waals surface area contributed by atoms with E-state index in [1.54, 1.807) is 12.1 Å². The van der Waals surface area contributed by atoms with Crippen molar-refractivity contribution >= 4 is 67.1 Å². The van der Waals surface area contributed by atoms with Gasteiger partial charge in [0, 0.05) is 16.3 Å². The number of nitrogens with zero attached hydrogens (tertiary/aromatic N) is 1. The third-order valence-corrected chi connectivity index (χ3v) is 6.86. The van der Waals surface area contributed by atoms with Gasteiger partial charge in [0.05, 0.1) is 10.9 Å². The number of benzene rings is 1. The van der Waals surface area contributed by atoms with E-state index >= 15 is 0 Å². The first kappa shape index (κ1) is 17.7. The smallest absolute Gasteiger partial charge is 0.252 e. The highest BCUT2D eigenvalue weighted by Gasteiger charge is 2.24. The summed E-state index contributed by atoms with van der Waals surface area (Å²) in [6, 6.07) is 10.2.